The Bertz CT molecular complexity index is 919. The molecular formula is C19H13Cl2FN2O2. The van der Waals surface area contributed by atoms with Gasteiger partial charge in [-0.1, -0.05) is 53.5 Å². The van der Waals surface area contributed by atoms with Crippen LogP contribution >= 0.6 is 23.2 Å². The van der Waals surface area contributed by atoms with Crippen molar-refractivity contribution in [2.45, 2.75) is 6.54 Å². The molecule has 2 aromatic carbocycles. The molecule has 132 valence electrons. The largest absolute Gasteiger partial charge is 0.457 e. The number of hydrogen-bond donors (Lipinski definition) is 1. The Balaban J connectivity index is 1.61. The highest BCUT2D eigenvalue weighted by atomic mass is 35.5. The lowest BCUT2D eigenvalue weighted by atomic mass is 10.2. The molecule has 0 radical (unpaired) electrons. The number of nitrogens with one attached hydrogen (secondary N) is 1. The van der Waals surface area contributed by atoms with Crippen LogP contribution in [-0.2, 0) is 6.54 Å². The highest BCUT2D eigenvalue weighted by Gasteiger charge is 2.15. The van der Waals surface area contributed by atoms with Gasteiger partial charge in [-0.25, -0.2) is 9.37 Å². The zero-order chi connectivity index (χ0) is 18.5. The standard InChI is InChI=1S/C19H13Cl2FN2O2/c20-17-15(10-16(22)18(21)24-17)19(25)23-11-12-6-8-14(9-7-12)26-13-4-2-1-3-5-13/h1-10H,11H2,(H,23,25). The number of ether oxygens (including phenoxy) is 1. The van der Waals surface area contributed by atoms with E-state index in [0.29, 0.717) is 5.75 Å². The van der Waals surface area contributed by atoms with Crippen molar-refractivity contribution in [3.63, 3.8) is 0 Å². The molecule has 0 saturated heterocycles. The van der Waals surface area contributed by atoms with E-state index in [2.05, 4.69) is 10.3 Å². The van der Waals surface area contributed by atoms with Gasteiger partial charge in [0.15, 0.2) is 11.0 Å². The number of halogens is 3. The predicted molar refractivity (Wildman–Crippen MR) is 98.3 cm³/mol. The number of carbonyl (C=O) groups is 1. The molecule has 1 N–H and O–H groups in total. The average molecular weight is 391 g/mol. The lowest BCUT2D eigenvalue weighted by Gasteiger charge is -2.09. The molecule has 3 aromatic rings. The van der Waals surface area contributed by atoms with Gasteiger partial charge < -0.3 is 10.1 Å². The molecule has 0 bridgehead atoms. The van der Waals surface area contributed by atoms with Gasteiger partial charge in [-0.05, 0) is 35.9 Å². The first-order valence-corrected chi connectivity index (χ1v) is 8.40. The zero-order valence-electron chi connectivity index (χ0n) is 13.4. The van der Waals surface area contributed by atoms with Crippen molar-refractivity contribution in [2.75, 3.05) is 0 Å². The van der Waals surface area contributed by atoms with Crippen molar-refractivity contribution in [2.24, 2.45) is 0 Å². The summed E-state index contributed by atoms with van der Waals surface area (Å²) in [6, 6.07) is 17.6. The van der Waals surface area contributed by atoms with E-state index >= 15 is 0 Å². The summed E-state index contributed by atoms with van der Waals surface area (Å²) in [6.07, 6.45) is 0. The number of hydrogen-bond acceptors (Lipinski definition) is 3. The van der Waals surface area contributed by atoms with Crippen LogP contribution in [0.25, 0.3) is 0 Å². The molecule has 0 aliphatic rings. The summed E-state index contributed by atoms with van der Waals surface area (Å²) in [4.78, 5) is 15.7. The quantitative estimate of drug-likeness (QED) is 0.605. The first-order valence-electron chi connectivity index (χ1n) is 7.64. The highest BCUT2D eigenvalue weighted by molar-refractivity contribution is 6.34. The number of para-hydroxylation sites is 1. The molecule has 1 amide bonds. The predicted octanol–water partition coefficient (Wildman–Crippen LogP) is 5.25. The van der Waals surface area contributed by atoms with Gasteiger partial charge in [-0.15, -0.1) is 0 Å². The molecule has 1 aromatic heterocycles. The van der Waals surface area contributed by atoms with Crippen LogP contribution in [0.1, 0.15) is 15.9 Å². The fourth-order valence-electron chi connectivity index (χ4n) is 2.18. The Morgan fingerprint density at radius 1 is 1.00 bits per heavy atom. The van der Waals surface area contributed by atoms with Gasteiger partial charge in [-0.2, -0.15) is 0 Å². The maximum absolute atomic E-state index is 13.5. The van der Waals surface area contributed by atoms with E-state index in [-0.39, 0.29) is 22.4 Å². The lowest BCUT2D eigenvalue weighted by Crippen LogP contribution is -2.23. The average Bonchev–Trinajstić information content (AvgIpc) is 2.65. The molecule has 7 heteroatoms. The van der Waals surface area contributed by atoms with Gasteiger partial charge in [0.25, 0.3) is 5.91 Å². The van der Waals surface area contributed by atoms with Crippen LogP contribution in [0.4, 0.5) is 4.39 Å². The Hall–Kier alpha value is -2.63. The van der Waals surface area contributed by atoms with Crippen molar-refractivity contribution in [3.8, 4) is 11.5 Å². The minimum Gasteiger partial charge on any atom is -0.457 e. The third-order valence-corrected chi connectivity index (χ3v) is 4.04. The molecule has 0 saturated carbocycles. The topological polar surface area (TPSA) is 51.2 Å². The number of amides is 1. The molecule has 0 atom stereocenters. The number of pyridine rings is 1. The van der Waals surface area contributed by atoms with Crippen LogP contribution in [0.15, 0.2) is 60.7 Å². The third kappa shape index (κ3) is 4.50. The minimum atomic E-state index is -0.802. The highest BCUT2D eigenvalue weighted by Crippen LogP contribution is 2.22. The van der Waals surface area contributed by atoms with E-state index < -0.39 is 11.7 Å². The molecule has 0 unspecified atom stereocenters. The summed E-state index contributed by atoms with van der Waals surface area (Å²) in [5.74, 6) is 0.0741. The molecule has 3 rings (SSSR count). The van der Waals surface area contributed by atoms with Gasteiger partial charge in [0, 0.05) is 6.54 Å². The molecule has 0 spiro atoms. The second-order valence-electron chi connectivity index (χ2n) is 5.34. The second kappa shape index (κ2) is 8.17. The van der Waals surface area contributed by atoms with Crippen LogP contribution in [-0.4, -0.2) is 10.9 Å². The maximum atomic E-state index is 13.5. The van der Waals surface area contributed by atoms with Gasteiger partial charge >= 0.3 is 0 Å². The van der Waals surface area contributed by atoms with Gasteiger partial charge in [0.2, 0.25) is 0 Å². The van der Waals surface area contributed by atoms with Crippen LogP contribution in [0.5, 0.6) is 11.5 Å². The summed E-state index contributed by atoms with van der Waals surface area (Å²) in [7, 11) is 0. The first-order chi connectivity index (χ1) is 12.5. The van der Waals surface area contributed by atoms with Gasteiger partial charge in [0.1, 0.15) is 16.7 Å². The fourth-order valence-corrected chi connectivity index (χ4v) is 2.59. The Labute approximate surface area is 159 Å². The second-order valence-corrected chi connectivity index (χ2v) is 6.06. The number of nitrogens with zero attached hydrogens (tertiary/aromatic N) is 1. The van der Waals surface area contributed by atoms with Crippen molar-refractivity contribution in [3.05, 3.63) is 87.9 Å². The summed E-state index contributed by atoms with van der Waals surface area (Å²) in [5.41, 5.74) is 0.773. The zero-order valence-corrected chi connectivity index (χ0v) is 14.9. The van der Waals surface area contributed by atoms with E-state index in [1.54, 1.807) is 12.1 Å². The summed E-state index contributed by atoms with van der Waals surface area (Å²) >= 11 is 11.4. The number of carbonyl (C=O) groups excluding carboxylic acids is 1. The van der Waals surface area contributed by atoms with Gasteiger partial charge in [0.05, 0.1) is 5.56 Å². The SMILES string of the molecule is O=C(NCc1ccc(Oc2ccccc2)cc1)c1cc(F)c(Cl)nc1Cl. The number of benzene rings is 2. The van der Waals surface area contributed by atoms with E-state index in [0.717, 1.165) is 17.4 Å². The molecular weight excluding hydrogens is 378 g/mol. The molecule has 4 nitrogen and oxygen atoms in total. The molecule has 26 heavy (non-hydrogen) atoms. The van der Waals surface area contributed by atoms with Crippen LogP contribution in [0, 0.1) is 5.82 Å². The lowest BCUT2D eigenvalue weighted by molar-refractivity contribution is 0.0950. The third-order valence-electron chi connectivity index (χ3n) is 3.49. The molecule has 0 fully saturated rings. The van der Waals surface area contributed by atoms with Crippen molar-refractivity contribution in [1.29, 1.82) is 0 Å². The monoisotopic (exact) mass is 390 g/mol. The molecule has 0 aliphatic heterocycles. The maximum Gasteiger partial charge on any atom is 0.254 e. The Morgan fingerprint density at radius 3 is 2.35 bits per heavy atom. The van der Waals surface area contributed by atoms with Crippen LogP contribution < -0.4 is 10.1 Å². The summed E-state index contributed by atoms with van der Waals surface area (Å²) < 4.78 is 19.2. The summed E-state index contributed by atoms with van der Waals surface area (Å²) in [6.45, 7) is 0.241. The van der Waals surface area contributed by atoms with Gasteiger partial charge in [-0.3, -0.25) is 4.79 Å². The summed E-state index contributed by atoms with van der Waals surface area (Å²) in [5, 5.41) is 2.13. The van der Waals surface area contributed by atoms with Crippen LogP contribution in [0.3, 0.4) is 0 Å². The Kier molecular flexibility index (Phi) is 5.71. The van der Waals surface area contributed by atoms with Crippen molar-refractivity contribution >= 4 is 29.1 Å². The Morgan fingerprint density at radius 2 is 1.65 bits per heavy atom. The molecule has 1 heterocycles. The first kappa shape index (κ1) is 18.2. The molecule has 0 aliphatic carbocycles. The van der Waals surface area contributed by atoms with E-state index in [9.17, 15) is 9.18 Å². The number of rotatable bonds is 5. The van der Waals surface area contributed by atoms with Crippen molar-refractivity contribution < 1.29 is 13.9 Å². The van der Waals surface area contributed by atoms with Crippen molar-refractivity contribution in [1.82, 2.24) is 10.3 Å². The number of aromatic nitrogens is 1. The smallest absolute Gasteiger partial charge is 0.254 e. The van der Waals surface area contributed by atoms with Crippen LogP contribution in [0.2, 0.25) is 10.3 Å². The minimum absolute atomic E-state index is 0.0717. The van der Waals surface area contributed by atoms with E-state index in [1.807, 2.05) is 42.5 Å². The fraction of sp³-hybridized carbons (Fsp3) is 0.0526. The normalized spacial score (nSPS) is 10.4. The van der Waals surface area contributed by atoms with E-state index in [4.69, 9.17) is 27.9 Å². The van der Waals surface area contributed by atoms with E-state index in [1.165, 1.54) is 0 Å².